The van der Waals surface area contributed by atoms with Gasteiger partial charge in [-0.2, -0.15) is 0 Å². The van der Waals surface area contributed by atoms with Crippen LogP contribution in [-0.4, -0.2) is 36.9 Å². The number of nitrogens with zero attached hydrogens (tertiary/aromatic N) is 1. The lowest BCUT2D eigenvalue weighted by Gasteiger charge is -2.30. The van der Waals surface area contributed by atoms with Crippen LogP contribution >= 0.6 is 0 Å². The van der Waals surface area contributed by atoms with E-state index < -0.39 is 0 Å². The number of anilines is 2. The average molecular weight is 335 g/mol. The fourth-order valence-corrected chi connectivity index (χ4v) is 3.66. The van der Waals surface area contributed by atoms with Crippen molar-refractivity contribution in [3.05, 3.63) is 24.0 Å². The summed E-state index contributed by atoms with van der Waals surface area (Å²) in [4.78, 5) is 14.4. The summed E-state index contributed by atoms with van der Waals surface area (Å²) >= 11 is 0. The fourth-order valence-electron chi connectivity index (χ4n) is 3.66. The Bertz CT molecular complexity index is 575. The lowest BCUT2D eigenvalue weighted by molar-refractivity contribution is 0.177. The molecular weight excluding hydrogens is 309 g/mol. The van der Waals surface area contributed by atoms with Gasteiger partial charge in [0.15, 0.2) is 0 Å². The van der Waals surface area contributed by atoms with Crippen molar-refractivity contribution in [2.75, 3.05) is 29.9 Å². The van der Waals surface area contributed by atoms with Crippen LogP contribution in [0.1, 0.15) is 38.5 Å². The first kappa shape index (κ1) is 17.0. The molecule has 1 aliphatic carbocycles. The third-order valence-corrected chi connectivity index (χ3v) is 4.97. The van der Waals surface area contributed by atoms with E-state index in [2.05, 4.69) is 15.5 Å². The lowest BCUT2D eigenvalue weighted by atomic mass is 10.1. The Morgan fingerprint density at radius 2 is 2.04 bits per heavy atom. The standard InChI is InChI=1S/C18H26FN3O2/c19-14-5-7-17(22-8-2-1-3-9-22)16(11-14)21-18(24)20-12-13-4-6-15(23)10-13/h5,7,11,13,15,23H,1-4,6,8-10,12H2,(H2,20,21,24)/t13-,15-/m1/s1. The SMILES string of the molecule is O=C(NC[C@@H]1CC[C@@H](O)C1)Nc1cc(F)ccc1N1CCCCC1. The zero-order valence-electron chi connectivity index (χ0n) is 13.9. The molecule has 3 N–H and O–H groups in total. The summed E-state index contributed by atoms with van der Waals surface area (Å²) in [5, 5.41) is 15.2. The Labute approximate surface area is 142 Å². The van der Waals surface area contributed by atoms with Gasteiger partial charge in [-0.05, 0) is 62.6 Å². The minimum absolute atomic E-state index is 0.242. The predicted molar refractivity (Wildman–Crippen MR) is 92.8 cm³/mol. The van der Waals surface area contributed by atoms with Crippen molar-refractivity contribution in [1.82, 2.24) is 5.32 Å². The minimum Gasteiger partial charge on any atom is -0.393 e. The number of piperidine rings is 1. The molecule has 2 fully saturated rings. The topological polar surface area (TPSA) is 64.6 Å². The Balaban J connectivity index is 1.60. The number of amides is 2. The van der Waals surface area contributed by atoms with Gasteiger partial charge in [-0.15, -0.1) is 0 Å². The Morgan fingerprint density at radius 1 is 1.25 bits per heavy atom. The van der Waals surface area contributed by atoms with E-state index in [0.717, 1.165) is 50.9 Å². The maximum absolute atomic E-state index is 13.6. The molecule has 0 unspecified atom stereocenters. The molecule has 0 spiro atoms. The van der Waals surface area contributed by atoms with Crippen molar-refractivity contribution >= 4 is 17.4 Å². The summed E-state index contributed by atoms with van der Waals surface area (Å²) in [5.74, 6) is -0.0372. The van der Waals surface area contributed by atoms with E-state index >= 15 is 0 Å². The Morgan fingerprint density at radius 3 is 2.75 bits per heavy atom. The molecule has 24 heavy (non-hydrogen) atoms. The second-order valence-electron chi connectivity index (χ2n) is 6.88. The number of halogens is 1. The van der Waals surface area contributed by atoms with Crippen LogP contribution < -0.4 is 15.5 Å². The molecule has 1 saturated heterocycles. The van der Waals surface area contributed by atoms with Gasteiger partial charge in [-0.25, -0.2) is 9.18 Å². The largest absolute Gasteiger partial charge is 0.393 e. The number of hydrogen-bond acceptors (Lipinski definition) is 3. The lowest BCUT2D eigenvalue weighted by Crippen LogP contribution is -2.34. The summed E-state index contributed by atoms with van der Waals surface area (Å²) in [6, 6.07) is 4.24. The van der Waals surface area contributed by atoms with Crippen LogP contribution in [0.15, 0.2) is 18.2 Å². The van der Waals surface area contributed by atoms with Gasteiger partial charge in [0.25, 0.3) is 0 Å². The average Bonchev–Trinajstić information content (AvgIpc) is 2.99. The quantitative estimate of drug-likeness (QED) is 0.792. The number of nitrogens with one attached hydrogen (secondary N) is 2. The molecule has 3 rings (SSSR count). The van der Waals surface area contributed by atoms with Gasteiger partial charge in [0, 0.05) is 19.6 Å². The third kappa shape index (κ3) is 4.38. The maximum atomic E-state index is 13.6. The van der Waals surface area contributed by atoms with Crippen molar-refractivity contribution in [2.24, 2.45) is 5.92 Å². The van der Waals surface area contributed by atoms with E-state index in [4.69, 9.17) is 0 Å². The zero-order chi connectivity index (χ0) is 16.9. The first-order chi connectivity index (χ1) is 11.6. The molecule has 0 bridgehead atoms. The first-order valence-corrected chi connectivity index (χ1v) is 8.89. The number of aliphatic hydroxyl groups is 1. The van der Waals surface area contributed by atoms with Gasteiger partial charge >= 0.3 is 6.03 Å². The number of carbonyl (C=O) groups excluding carboxylic acids is 1. The minimum atomic E-state index is -0.357. The molecule has 1 saturated carbocycles. The smallest absolute Gasteiger partial charge is 0.319 e. The zero-order valence-corrected chi connectivity index (χ0v) is 13.9. The summed E-state index contributed by atoms with van der Waals surface area (Å²) in [5.41, 5.74) is 1.39. The van der Waals surface area contributed by atoms with E-state index in [1.807, 2.05) is 0 Å². The number of aliphatic hydroxyl groups excluding tert-OH is 1. The molecule has 1 aliphatic heterocycles. The number of rotatable bonds is 4. The van der Waals surface area contributed by atoms with Crippen molar-refractivity contribution in [3.63, 3.8) is 0 Å². The molecule has 1 aromatic carbocycles. The molecule has 2 aliphatic rings. The van der Waals surface area contributed by atoms with Crippen LogP contribution in [0.4, 0.5) is 20.6 Å². The van der Waals surface area contributed by atoms with Gasteiger partial charge < -0.3 is 20.6 Å². The van der Waals surface area contributed by atoms with Gasteiger partial charge in [-0.1, -0.05) is 0 Å². The highest BCUT2D eigenvalue weighted by atomic mass is 19.1. The molecule has 2 amide bonds. The molecule has 5 nitrogen and oxygen atoms in total. The van der Waals surface area contributed by atoms with E-state index in [1.165, 1.54) is 18.6 Å². The molecule has 6 heteroatoms. The van der Waals surface area contributed by atoms with Crippen LogP contribution in [0.25, 0.3) is 0 Å². The summed E-state index contributed by atoms with van der Waals surface area (Å²) in [6.07, 6.45) is 5.68. The summed E-state index contributed by atoms with van der Waals surface area (Å²) in [7, 11) is 0. The molecule has 1 aromatic rings. The molecule has 132 valence electrons. The van der Waals surface area contributed by atoms with Crippen molar-refractivity contribution in [2.45, 2.75) is 44.6 Å². The van der Waals surface area contributed by atoms with Crippen LogP contribution in [0, 0.1) is 11.7 Å². The number of benzene rings is 1. The Kier molecular flexibility index (Phi) is 5.56. The van der Waals surface area contributed by atoms with E-state index in [1.54, 1.807) is 6.07 Å². The molecule has 1 heterocycles. The molecule has 0 radical (unpaired) electrons. The summed E-state index contributed by atoms with van der Waals surface area (Å²) < 4.78 is 13.6. The highest BCUT2D eigenvalue weighted by Crippen LogP contribution is 2.29. The van der Waals surface area contributed by atoms with E-state index in [0.29, 0.717) is 18.2 Å². The van der Waals surface area contributed by atoms with Crippen LogP contribution in [0.5, 0.6) is 0 Å². The highest BCUT2D eigenvalue weighted by molar-refractivity contribution is 5.93. The van der Waals surface area contributed by atoms with Gasteiger partial charge in [0.1, 0.15) is 5.82 Å². The predicted octanol–water partition coefficient (Wildman–Crippen LogP) is 3.10. The van der Waals surface area contributed by atoms with Crippen molar-refractivity contribution in [3.8, 4) is 0 Å². The fraction of sp³-hybridized carbons (Fsp3) is 0.611. The number of carbonyl (C=O) groups is 1. The van der Waals surface area contributed by atoms with Gasteiger partial charge in [0.05, 0.1) is 17.5 Å². The first-order valence-electron chi connectivity index (χ1n) is 8.89. The molecule has 0 aromatic heterocycles. The van der Waals surface area contributed by atoms with Gasteiger partial charge in [-0.3, -0.25) is 0 Å². The molecule has 2 atom stereocenters. The van der Waals surface area contributed by atoms with Gasteiger partial charge in [0.2, 0.25) is 0 Å². The van der Waals surface area contributed by atoms with Crippen LogP contribution in [0.2, 0.25) is 0 Å². The second-order valence-corrected chi connectivity index (χ2v) is 6.88. The van der Waals surface area contributed by atoms with E-state index in [9.17, 15) is 14.3 Å². The van der Waals surface area contributed by atoms with E-state index in [-0.39, 0.29) is 18.0 Å². The number of hydrogen-bond donors (Lipinski definition) is 3. The number of urea groups is 1. The maximum Gasteiger partial charge on any atom is 0.319 e. The molecular formula is C18H26FN3O2. The summed E-state index contributed by atoms with van der Waals surface area (Å²) in [6.45, 7) is 2.40. The van der Waals surface area contributed by atoms with Crippen LogP contribution in [0.3, 0.4) is 0 Å². The van der Waals surface area contributed by atoms with Crippen molar-refractivity contribution in [1.29, 1.82) is 0 Å². The second kappa shape index (κ2) is 7.83. The third-order valence-electron chi connectivity index (χ3n) is 4.97. The monoisotopic (exact) mass is 335 g/mol. The normalized spacial score (nSPS) is 24.0. The van der Waals surface area contributed by atoms with Crippen molar-refractivity contribution < 1.29 is 14.3 Å². The Hall–Kier alpha value is -1.82. The highest BCUT2D eigenvalue weighted by Gasteiger charge is 2.23. The van der Waals surface area contributed by atoms with Crippen LogP contribution in [-0.2, 0) is 0 Å².